The van der Waals surface area contributed by atoms with Crippen molar-refractivity contribution in [2.75, 3.05) is 0 Å². The lowest BCUT2D eigenvalue weighted by Crippen LogP contribution is -2.01. The average Bonchev–Trinajstić information content (AvgIpc) is 2.47. The minimum atomic E-state index is -0.869. The second-order valence-corrected chi connectivity index (χ2v) is 3.64. The van der Waals surface area contributed by atoms with Gasteiger partial charge in [0.15, 0.2) is 5.89 Å². The third-order valence-electron chi connectivity index (χ3n) is 2.25. The molecule has 0 bridgehead atoms. The number of nitrogens with zero attached hydrogens (tertiary/aromatic N) is 1. The van der Waals surface area contributed by atoms with Gasteiger partial charge in [-0.3, -0.25) is 4.79 Å². The van der Waals surface area contributed by atoms with E-state index < -0.39 is 5.97 Å². The molecule has 1 aromatic heterocycles. The van der Waals surface area contributed by atoms with Crippen LogP contribution in [0.3, 0.4) is 0 Å². The third-order valence-corrected chi connectivity index (χ3v) is 2.25. The number of carboxylic acid groups (broad SMARTS) is 1. The number of hydrogen-bond acceptors (Lipinski definition) is 3. The normalized spacial score (nSPS) is 10.5. The summed E-state index contributed by atoms with van der Waals surface area (Å²) in [6.45, 7) is 3.89. The van der Waals surface area contributed by atoms with Crippen molar-refractivity contribution in [3.8, 4) is 0 Å². The van der Waals surface area contributed by atoms with Gasteiger partial charge in [0.1, 0.15) is 5.76 Å². The van der Waals surface area contributed by atoms with Gasteiger partial charge in [-0.15, -0.1) is 0 Å². The van der Waals surface area contributed by atoms with Crippen molar-refractivity contribution in [3.05, 3.63) is 17.3 Å². The van der Waals surface area contributed by atoms with Crippen LogP contribution in [0.2, 0.25) is 0 Å². The minimum absolute atomic E-state index is 0.0525. The number of rotatable bonds is 6. The van der Waals surface area contributed by atoms with Gasteiger partial charge in [-0.05, 0) is 13.3 Å². The Balaban J connectivity index is 2.56. The molecular formula is C11H17NO3. The van der Waals surface area contributed by atoms with E-state index in [2.05, 4.69) is 11.9 Å². The lowest BCUT2D eigenvalue weighted by molar-refractivity contribution is -0.136. The van der Waals surface area contributed by atoms with E-state index in [1.807, 2.05) is 0 Å². The molecule has 0 aliphatic heterocycles. The SMILES string of the molecule is CCCCCc1nc(CC(=O)O)c(C)o1. The average molecular weight is 211 g/mol. The first-order valence-corrected chi connectivity index (χ1v) is 5.30. The van der Waals surface area contributed by atoms with Gasteiger partial charge in [0, 0.05) is 6.42 Å². The smallest absolute Gasteiger partial charge is 0.309 e. The second-order valence-electron chi connectivity index (χ2n) is 3.64. The molecule has 1 rings (SSSR count). The molecule has 4 heteroatoms. The topological polar surface area (TPSA) is 63.3 Å². The predicted octanol–water partition coefficient (Wildman–Crippen LogP) is 2.34. The predicted molar refractivity (Wildman–Crippen MR) is 55.8 cm³/mol. The molecule has 0 spiro atoms. The molecule has 1 aromatic rings. The van der Waals surface area contributed by atoms with Crippen LogP contribution in [0.1, 0.15) is 43.5 Å². The molecule has 0 saturated heterocycles. The van der Waals surface area contributed by atoms with E-state index in [1.54, 1.807) is 6.92 Å². The lowest BCUT2D eigenvalue weighted by atomic mass is 10.2. The minimum Gasteiger partial charge on any atom is -0.481 e. The van der Waals surface area contributed by atoms with E-state index in [4.69, 9.17) is 9.52 Å². The highest BCUT2D eigenvalue weighted by Crippen LogP contribution is 2.13. The van der Waals surface area contributed by atoms with Gasteiger partial charge in [0.25, 0.3) is 0 Å². The summed E-state index contributed by atoms with van der Waals surface area (Å²) < 4.78 is 5.39. The quantitative estimate of drug-likeness (QED) is 0.733. The molecule has 84 valence electrons. The summed E-state index contributed by atoms with van der Waals surface area (Å²) in [6, 6.07) is 0. The summed E-state index contributed by atoms with van der Waals surface area (Å²) in [7, 11) is 0. The number of oxazole rings is 1. The molecule has 0 unspecified atom stereocenters. The Labute approximate surface area is 89.3 Å². The zero-order chi connectivity index (χ0) is 11.3. The summed E-state index contributed by atoms with van der Waals surface area (Å²) in [5.74, 6) is 0.424. The van der Waals surface area contributed by atoms with Gasteiger partial charge in [0.05, 0.1) is 12.1 Å². The number of unbranched alkanes of at least 4 members (excludes halogenated alkanes) is 2. The summed E-state index contributed by atoms with van der Waals surface area (Å²) >= 11 is 0. The Kier molecular flexibility index (Phi) is 4.34. The summed E-state index contributed by atoms with van der Waals surface area (Å²) in [4.78, 5) is 14.7. The van der Waals surface area contributed by atoms with Gasteiger partial charge in [-0.1, -0.05) is 19.8 Å². The second kappa shape index (κ2) is 5.53. The Hall–Kier alpha value is -1.32. The maximum atomic E-state index is 10.5. The maximum Gasteiger partial charge on any atom is 0.309 e. The molecule has 1 heterocycles. The Morgan fingerprint density at radius 1 is 1.47 bits per heavy atom. The van der Waals surface area contributed by atoms with Crippen LogP contribution in [-0.4, -0.2) is 16.1 Å². The number of carbonyl (C=O) groups is 1. The van der Waals surface area contributed by atoms with Crippen molar-refractivity contribution in [2.24, 2.45) is 0 Å². The molecule has 0 fully saturated rings. The number of hydrogen-bond donors (Lipinski definition) is 1. The zero-order valence-electron chi connectivity index (χ0n) is 9.25. The van der Waals surface area contributed by atoms with Gasteiger partial charge in [0.2, 0.25) is 0 Å². The van der Waals surface area contributed by atoms with Crippen molar-refractivity contribution >= 4 is 5.97 Å². The first-order valence-electron chi connectivity index (χ1n) is 5.30. The Morgan fingerprint density at radius 3 is 2.80 bits per heavy atom. The van der Waals surface area contributed by atoms with Crippen molar-refractivity contribution in [1.82, 2.24) is 4.98 Å². The fraction of sp³-hybridized carbons (Fsp3) is 0.636. The molecule has 1 N–H and O–H groups in total. The van der Waals surface area contributed by atoms with E-state index in [9.17, 15) is 4.79 Å². The third kappa shape index (κ3) is 3.73. The van der Waals surface area contributed by atoms with Crippen LogP contribution in [0.4, 0.5) is 0 Å². The first-order chi connectivity index (χ1) is 7.13. The maximum absolute atomic E-state index is 10.5. The monoisotopic (exact) mass is 211 g/mol. The van der Waals surface area contributed by atoms with Gasteiger partial charge < -0.3 is 9.52 Å². The summed E-state index contributed by atoms with van der Waals surface area (Å²) in [6.07, 6.45) is 4.09. The number of aryl methyl sites for hydroxylation is 2. The number of aliphatic carboxylic acids is 1. The number of carboxylic acids is 1. The van der Waals surface area contributed by atoms with Gasteiger partial charge in [-0.25, -0.2) is 4.98 Å². The van der Waals surface area contributed by atoms with Crippen molar-refractivity contribution in [2.45, 2.75) is 46.0 Å². The Morgan fingerprint density at radius 2 is 2.20 bits per heavy atom. The van der Waals surface area contributed by atoms with Gasteiger partial charge >= 0.3 is 5.97 Å². The number of aromatic nitrogens is 1. The van der Waals surface area contributed by atoms with Crippen LogP contribution in [0, 0.1) is 6.92 Å². The standard InChI is InChI=1S/C11H17NO3/c1-3-4-5-6-10-12-9(7-11(13)14)8(2)15-10/h3-7H2,1-2H3,(H,13,14). The molecule has 0 atom stereocenters. The zero-order valence-corrected chi connectivity index (χ0v) is 9.25. The fourth-order valence-electron chi connectivity index (χ4n) is 1.43. The van der Waals surface area contributed by atoms with E-state index in [-0.39, 0.29) is 6.42 Å². The molecule has 15 heavy (non-hydrogen) atoms. The first kappa shape index (κ1) is 11.8. The summed E-state index contributed by atoms with van der Waals surface area (Å²) in [5, 5.41) is 8.63. The van der Waals surface area contributed by atoms with Crippen LogP contribution < -0.4 is 0 Å². The molecular weight excluding hydrogens is 194 g/mol. The van der Waals surface area contributed by atoms with E-state index >= 15 is 0 Å². The van der Waals surface area contributed by atoms with Crippen LogP contribution in [0.25, 0.3) is 0 Å². The highest BCUT2D eigenvalue weighted by atomic mass is 16.4. The van der Waals surface area contributed by atoms with Crippen LogP contribution >= 0.6 is 0 Å². The summed E-state index contributed by atoms with van der Waals surface area (Å²) in [5.41, 5.74) is 0.550. The van der Waals surface area contributed by atoms with Crippen molar-refractivity contribution < 1.29 is 14.3 Å². The molecule has 0 saturated carbocycles. The van der Waals surface area contributed by atoms with Crippen LogP contribution in [0.15, 0.2) is 4.42 Å². The van der Waals surface area contributed by atoms with Gasteiger partial charge in [-0.2, -0.15) is 0 Å². The molecule has 0 aliphatic rings. The lowest BCUT2D eigenvalue weighted by Gasteiger charge is -1.92. The fourth-order valence-corrected chi connectivity index (χ4v) is 1.43. The van der Waals surface area contributed by atoms with Crippen LogP contribution in [-0.2, 0) is 17.6 Å². The molecule has 0 amide bonds. The van der Waals surface area contributed by atoms with Crippen molar-refractivity contribution in [3.63, 3.8) is 0 Å². The largest absolute Gasteiger partial charge is 0.481 e. The molecule has 0 radical (unpaired) electrons. The molecule has 0 aliphatic carbocycles. The molecule has 4 nitrogen and oxygen atoms in total. The highest BCUT2D eigenvalue weighted by Gasteiger charge is 2.11. The van der Waals surface area contributed by atoms with Crippen LogP contribution in [0.5, 0.6) is 0 Å². The van der Waals surface area contributed by atoms with Crippen molar-refractivity contribution in [1.29, 1.82) is 0 Å². The van der Waals surface area contributed by atoms with E-state index in [1.165, 1.54) is 0 Å². The van der Waals surface area contributed by atoms with E-state index in [0.717, 1.165) is 25.7 Å². The Bertz CT molecular complexity index is 331. The highest BCUT2D eigenvalue weighted by molar-refractivity contribution is 5.69. The molecule has 0 aromatic carbocycles. The van der Waals surface area contributed by atoms with E-state index in [0.29, 0.717) is 17.3 Å².